The van der Waals surface area contributed by atoms with Crippen LogP contribution in [0.2, 0.25) is 0 Å². The van der Waals surface area contributed by atoms with Crippen LogP contribution in [0.15, 0.2) is 77.7 Å². The quantitative estimate of drug-likeness (QED) is 0.428. The molecule has 0 aliphatic heterocycles. The summed E-state index contributed by atoms with van der Waals surface area (Å²) in [6, 6.07) is 21.2. The summed E-state index contributed by atoms with van der Waals surface area (Å²) < 4.78 is 34.0. The first-order chi connectivity index (χ1) is 14.5. The molecule has 152 valence electrons. The average molecular weight is 420 g/mol. The predicted molar refractivity (Wildman–Crippen MR) is 117 cm³/mol. The molecule has 4 aromatic rings. The number of hydrogen-bond acceptors (Lipinski definition) is 4. The van der Waals surface area contributed by atoms with Crippen molar-refractivity contribution in [2.75, 3.05) is 7.11 Å². The molecule has 1 heterocycles. The van der Waals surface area contributed by atoms with Gasteiger partial charge in [0.1, 0.15) is 12.0 Å². The number of carbonyl (C=O) groups is 1. The minimum absolute atomic E-state index is 0.210. The summed E-state index contributed by atoms with van der Waals surface area (Å²) in [5.74, 6) is 0.648. The Morgan fingerprint density at radius 3 is 2.43 bits per heavy atom. The highest BCUT2D eigenvalue weighted by atomic mass is 32.2. The molecule has 0 bridgehead atoms. The van der Waals surface area contributed by atoms with Gasteiger partial charge in [-0.3, -0.25) is 0 Å². The Morgan fingerprint density at radius 2 is 1.73 bits per heavy atom. The number of carbonyl (C=O) groups excluding carboxylic acids is 1. The monoisotopic (exact) mass is 419 g/mol. The number of methoxy groups -OCH3 is 1. The molecule has 0 radical (unpaired) electrons. The van der Waals surface area contributed by atoms with Gasteiger partial charge >= 0.3 is 0 Å². The Balaban J connectivity index is 2.07. The fraction of sp³-hybridized carbons (Fsp3) is 0.125. The molecule has 0 aliphatic rings. The maximum atomic E-state index is 13.7. The smallest absolute Gasteiger partial charge is 0.268 e. The van der Waals surface area contributed by atoms with E-state index in [2.05, 4.69) is 0 Å². The number of benzene rings is 3. The van der Waals surface area contributed by atoms with E-state index in [0.717, 1.165) is 28.4 Å². The zero-order valence-electron chi connectivity index (χ0n) is 16.7. The van der Waals surface area contributed by atoms with Gasteiger partial charge in [0.25, 0.3) is 10.0 Å². The van der Waals surface area contributed by atoms with Crippen molar-refractivity contribution in [1.82, 2.24) is 3.97 Å². The Morgan fingerprint density at radius 1 is 0.967 bits per heavy atom. The van der Waals surface area contributed by atoms with Gasteiger partial charge in [0.05, 0.1) is 23.2 Å². The van der Waals surface area contributed by atoms with Gasteiger partial charge in [0.15, 0.2) is 0 Å². The maximum Gasteiger partial charge on any atom is 0.268 e. The Hall–Kier alpha value is -3.38. The first kappa shape index (κ1) is 19.9. The number of aldehydes is 1. The lowest BCUT2D eigenvalue weighted by Gasteiger charge is -2.15. The number of rotatable bonds is 6. The van der Waals surface area contributed by atoms with Gasteiger partial charge in [-0.15, -0.1) is 0 Å². The van der Waals surface area contributed by atoms with E-state index in [9.17, 15) is 13.2 Å². The standard InChI is InChI=1S/C24H21NO4S/c1-17-18(13-14-26)7-6-10-22(17)24-16-19-15-20(29-2)11-12-23(19)25(24)30(27,28)21-8-4-3-5-9-21/h3-12,14-16H,13H2,1-2H3. The van der Waals surface area contributed by atoms with Gasteiger partial charge in [-0.25, -0.2) is 12.4 Å². The lowest BCUT2D eigenvalue weighted by molar-refractivity contribution is -0.107. The first-order valence-corrected chi connectivity index (χ1v) is 10.9. The van der Waals surface area contributed by atoms with Crippen LogP contribution < -0.4 is 4.74 Å². The van der Waals surface area contributed by atoms with Crippen LogP contribution >= 0.6 is 0 Å². The SMILES string of the molecule is COc1ccc2c(c1)cc(-c1cccc(CC=O)c1C)n2S(=O)(=O)c1ccccc1. The predicted octanol–water partition coefficient (Wildman–Crippen LogP) is 4.60. The molecule has 0 atom stereocenters. The summed E-state index contributed by atoms with van der Waals surface area (Å²) in [4.78, 5) is 11.3. The van der Waals surface area contributed by atoms with E-state index < -0.39 is 10.0 Å². The van der Waals surface area contributed by atoms with Crippen LogP contribution in [-0.4, -0.2) is 25.8 Å². The van der Waals surface area contributed by atoms with Crippen molar-refractivity contribution in [3.63, 3.8) is 0 Å². The number of nitrogens with zero attached hydrogens (tertiary/aromatic N) is 1. The van der Waals surface area contributed by atoms with Crippen LogP contribution in [0.5, 0.6) is 5.75 Å². The lowest BCUT2D eigenvalue weighted by atomic mass is 9.98. The average Bonchev–Trinajstić information content (AvgIpc) is 3.15. The van der Waals surface area contributed by atoms with Crippen LogP contribution in [0.3, 0.4) is 0 Å². The van der Waals surface area contributed by atoms with Gasteiger partial charge in [-0.2, -0.15) is 0 Å². The fourth-order valence-electron chi connectivity index (χ4n) is 3.71. The van der Waals surface area contributed by atoms with Crippen molar-refractivity contribution in [1.29, 1.82) is 0 Å². The van der Waals surface area contributed by atoms with Gasteiger partial charge < -0.3 is 9.53 Å². The van der Waals surface area contributed by atoms with Gasteiger partial charge in [-0.05, 0) is 54.4 Å². The van der Waals surface area contributed by atoms with E-state index in [4.69, 9.17) is 4.74 Å². The molecule has 0 amide bonds. The van der Waals surface area contributed by atoms with Crippen LogP contribution in [0, 0.1) is 6.92 Å². The maximum absolute atomic E-state index is 13.7. The topological polar surface area (TPSA) is 65.4 Å². The lowest BCUT2D eigenvalue weighted by Crippen LogP contribution is -2.14. The molecular weight excluding hydrogens is 398 g/mol. The van der Waals surface area contributed by atoms with Crippen molar-refractivity contribution in [2.45, 2.75) is 18.2 Å². The number of fused-ring (bicyclic) bond motifs is 1. The molecule has 6 heteroatoms. The Bertz CT molecular complexity index is 1340. The van der Waals surface area contributed by atoms with Crippen LogP contribution in [-0.2, 0) is 21.2 Å². The molecule has 0 spiro atoms. The van der Waals surface area contributed by atoms with Crippen molar-refractivity contribution in [3.8, 4) is 17.0 Å². The van der Waals surface area contributed by atoms with Gasteiger partial charge in [0, 0.05) is 17.4 Å². The number of hydrogen-bond donors (Lipinski definition) is 0. The molecule has 0 N–H and O–H groups in total. The van der Waals surface area contributed by atoms with E-state index in [0.29, 0.717) is 17.0 Å². The molecule has 0 fully saturated rings. The minimum atomic E-state index is -3.86. The highest BCUT2D eigenvalue weighted by Crippen LogP contribution is 2.36. The van der Waals surface area contributed by atoms with E-state index in [-0.39, 0.29) is 11.3 Å². The first-order valence-electron chi connectivity index (χ1n) is 9.50. The summed E-state index contributed by atoms with van der Waals surface area (Å²) in [5.41, 5.74) is 3.63. The molecular formula is C24H21NO4S. The molecule has 4 rings (SSSR count). The van der Waals surface area contributed by atoms with E-state index in [1.54, 1.807) is 49.6 Å². The van der Waals surface area contributed by atoms with Crippen molar-refractivity contribution in [2.24, 2.45) is 0 Å². The molecule has 0 saturated heterocycles. The normalized spacial score (nSPS) is 11.5. The third-order valence-electron chi connectivity index (χ3n) is 5.27. The molecule has 0 unspecified atom stereocenters. The molecule has 5 nitrogen and oxygen atoms in total. The summed E-state index contributed by atoms with van der Waals surface area (Å²) in [5, 5.41) is 0.754. The molecule has 3 aromatic carbocycles. The second kappa shape index (κ2) is 7.80. The second-order valence-electron chi connectivity index (χ2n) is 7.00. The highest BCUT2D eigenvalue weighted by Gasteiger charge is 2.25. The van der Waals surface area contributed by atoms with E-state index in [1.807, 2.05) is 37.3 Å². The number of ether oxygens (including phenoxy) is 1. The zero-order chi connectivity index (χ0) is 21.3. The molecule has 0 aliphatic carbocycles. The van der Waals surface area contributed by atoms with Crippen molar-refractivity contribution in [3.05, 3.63) is 83.9 Å². The largest absolute Gasteiger partial charge is 0.497 e. The van der Waals surface area contributed by atoms with E-state index in [1.165, 1.54) is 3.97 Å². The summed E-state index contributed by atoms with van der Waals surface area (Å²) in [7, 11) is -2.28. The van der Waals surface area contributed by atoms with Crippen LogP contribution in [0.1, 0.15) is 11.1 Å². The molecule has 1 aromatic heterocycles. The fourth-order valence-corrected chi connectivity index (χ4v) is 5.26. The summed E-state index contributed by atoms with van der Waals surface area (Å²) in [6.07, 6.45) is 1.13. The van der Waals surface area contributed by atoms with Crippen LogP contribution in [0.25, 0.3) is 22.2 Å². The molecule has 0 saturated carbocycles. The van der Waals surface area contributed by atoms with Crippen molar-refractivity contribution >= 4 is 27.2 Å². The van der Waals surface area contributed by atoms with E-state index >= 15 is 0 Å². The van der Waals surface area contributed by atoms with Gasteiger partial charge in [-0.1, -0.05) is 36.4 Å². The third kappa shape index (κ3) is 3.29. The molecule has 30 heavy (non-hydrogen) atoms. The minimum Gasteiger partial charge on any atom is -0.497 e. The zero-order valence-corrected chi connectivity index (χ0v) is 17.5. The highest BCUT2D eigenvalue weighted by molar-refractivity contribution is 7.90. The Kier molecular flexibility index (Phi) is 5.18. The third-order valence-corrected chi connectivity index (χ3v) is 7.01. The Labute approximate surface area is 175 Å². The van der Waals surface area contributed by atoms with Crippen LogP contribution in [0.4, 0.5) is 0 Å². The number of aromatic nitrogens is 1. The summed E-state index contributed by atoms with van der Waals surface area (Å²) in [6.45, 7) is 1.91. The van der Waals surface area contributed by atoms with Gasteiger partial charge in [0.2, 0.25) is 0 Å². The second-order valence-corrected chi connectivity index (χ2v) is 8.78. The van der Waals surface area contributed by atoms with Crippen molar-refractivity contribution < 1.29 is 17.9 Å². The summed E-state index contributed by atoms with van der Waals surface area (Å²) >= 11 is 0.